The van der Waals surface area contributed by atoms with E-state index in [-0.39, 0.29) is 61.0 Å². The Morgan fingerprint density at radius 3 is 2.36 bits per heavy atom. The number of alkyl halides is 2. The number of piperidine rings is 1. The van der Waals surface area contributed by atoms with E-state index in [1.807, 2.05) is 35.2 Å². The number of ether oxygens (including phenoxy) is 2. The molecule has 1 aromatic rings. The maximum atomic E-state index is 13.7. The fourth-order valence-corrected chi connectivity index (χ4v) is 8.45. The van der Waals surface area contributed by atoms with Gasteiger partial charge < -0.3 is 24.6 Å². The standard InChI is InChI=1S/C32H46F2N4O4/c1-2-38-30(40)36(18-23-19-41-22-42-20-23)21-31(38)16-26-8-9-27(17-31)37(26)15-12-28(24-6-4-3-5-7-24)35-29(39)25-10-13-32(33,34)14-11-25/h3-7,23,25-28H,2,8-22H2,1H3,(H,35,39)/t26?,27?,28-,31?/m0/s1. The van der Waals surface area contributed by atoms with Crippen LogP contribution in [-0.2, 0) is 14.3 Å². The number of hydrogen-bond acceptors (Lipinski definition) is 5. The average molecular weight is 589 g/mol. The van der Waals surface area contributed by atoms with Crippen molar-refractivity contribution in [3.05, 3.63) is 35.9 Å². The molecule has 42 heavy (non-hydrogen) atoms. The summed E-state index contributed by atoms with van der Waals surface area (Å²) in [5, 5.41) is 3.24. The molecule has 3 atom stereocenters. The molecule has 5 fully saturated rings. The van der Waals surface area contributed by atoms with E-state index in [1.165, 1.54) is 0 Å². The van der Waals surface area contributed by atoms with Crippen molar-refractivity contribution in [3.63, 3.8) is 0 Å². The molecule has 1 spiro atoms. The number of carbonyl (C=O) groups excluding carboxylic acids is 2. The summed E-state index contributed by atoms with van der Waals surface area (Å²) >= 11 is 0. The molecule has 2 bridgehead atoms. The Morgan fingerprint density at radius 2 is 1.71 bits per heavy atom. The van der Waals surface area contributed by atoms with Crippen molar-refractivity contribution in [2.24, 2.45) is 11.8 Å². The quantitative estimate of drug-likeness (QED) is 0.449. The Bertz CT molecular complexity index is 1080. The molecule has 5 aliphatic rings. The van der Waals surface area contributed by atoms with Crippen molar-refractivity contribution in [2.45, 2.75) is 94.3 Å². The van der Waals surface area contributed by atoms with Crippen LogP contribution in [0.1, 0.15) is 76.3 Å². The second kappa shape index (κ2) is 12.4. The number of benzene rings is 1. The van der Waals surface area contributed by atoms with E-state index >= 15 is 0 Å². The van der Waals surface area contributed by atoms with Gasteiger partial charge >= 0.3 is 6.03 Å². The number of likely N-dealkylation sites (N-methyl/N-ethyl adjacent to an activating group) is 1. The lowest BCUT2D eigenvalue weighted by atomic mass is 9.81. The lowest BCUT2D eigenvalue weighted by Crippen LogP contribution is -2.58. The van der Waals surface area contributed by atoms with Gasteiger partial charge in [-0.1, -0.05) is 30.3 Å². The van der Waals surface area contributed by atoms with Crippen LogP contribution in [0.4, 0.5) is 13.6 Å². The van der Waals surface area contributed by atoms with E-state index < -0.39 is 5.92 Å². The molecule has 8 nitrogen and oxygen atoms in total. The minimum atomic E-state index is -2.65. The molecule has 232 valence electrons. The Kier molecular flexibility index (Phi) is 8.76. The zero-order chi connectivity index (χ0) is 29.3. The number of nitrogens with zero attached hydrogens (tertiary/aromatic N) is 3. The highest BCUT2D eigenvalue weighted by Gasteiger charge is 2.56. The van der Waals surface area contributed by atoms with Crippen molar-refractivity contribution >= 4 is 11.9 Å². The molecule has 6 rings (SSSR count). The minimum Gasteiger partial charge on any atom is -0.355 e. The van der Waals surface area contributed by atoms with E-state index in [4.69, 9.17) is 9.47 Å². The van der Waals surface area contributed by atoms with E-state index in [1.54, 1.807) is 0 Å². The molecular formula is C32H46F2N4O4. The van der Waals surface area contributed by atoms with Crippen molar-refractivity contribution in [2.75, 3.05) is 46.2 Å². The number of rotatable bonds is 9. The summed E-state index contributed by atoms with van der Waals surface area (Å²) in [4.78, 5) is 33.5. The summed E-state index contributed by atoms with van der Waals surface area (Å²) in [5.41, 5.74) is 0.915. The highest BCUT2D eigenvalue weighted by molar-refractivity contribution is 5.79. The summed E-state index contributed by atoms with van der Waals surface area (Å²) in [6.45, 7) is 6.69. The topological polar surface area (TPSA) is 74.4 Å². The SMILES string of the molecule is CCN1C(=O)N(CC2COCOC2)CC12CC1CCC(C2)N1CC[C@H](NC(=O)C1CCC(F)(F)CC1)c1ccccc1. The van der Waals surface area contributed by atoms with Gasteiger partial charge in [-0.2, -0.15) is 0 Å². The summed E-state index contributed by atoms with van der Waals surface area (Å²) in [6, 6.07) is 10.8. The van der Waals surface area contributed by atoms with Gasteiger partial charge in [0.05, 0.1) is 24.8 Å². The first-order valence-electron chi connectivity index (χ1n) is 16.0. The second-order valence-corrected chi connectivity index (χ2v) is 13.3. The largest absolute Gasteiger partial charge is 0.355 e. The monoisotopic (exact) mass is 588 g/mol. The van der Waals surface area contributed by atoms with Crippen LogP contribution in [0.3, 0.4) is 0 Å². The molecule has 1 saturated carbocycles. The van der Waals surface area contributed by atoms with Gasteiger partial charge in [-0.15, -0.1) is 0 Å². The molecule has 0 radical (unpaired) electrons. The van der Waals surface area contributed by atoms with Crippen molar-refractivity contribution in [3.8, 4) is 0 Å². The van der Waals surface area contributed by atoms with Gasteiger partial charge in [-0.3, -0.25) is 9.69 Å². The van der Waals surface area contributed by atoms with Gasteiger partial charge in [0, 0.05) is 62.9 Å². The molecule has 10 heteroatoms. The van der Waals surface area contributed by atoms with E-state index in [9.17, 15) is 18.4 Å². The molecule has 1 aliphatic carbocycles. The van der Waals surface area contributed by atoms with Gasteiger partial charge in [-0.25, -0.2) is 13.6 Å². The smallest absolute Gasteiger partial charge is 0.320 e. The summed E-state index contributed by atoms with van der Waals surface area (Å²) in [7, 11) is 0. The molecule has 4 aliphatic heterocycles. The first-order chi connectivity index (χ1) is 20.3. The zero-order valence-electron chi connectivity index (χ0n) is 24.8. The third-order valence-electron chi connectivity index (χ3n) is 10.5. The molecule has 0 aromatic heterocycles. The third kappa shape index (κ3) is 6.17. The van der Waals surface area contributed by atoms with Crippen LogP contribution < -0.4 is 5.32 Å². The van der Waals surface area contributed by atoms with Crippen molar-refractivity contribution in [1.29, 1.82) is 0 Å². The number of amides is 3. The number of nitrogens with one attached hydrogen (secondary N) is 1. The second-order valence-electron chi connectivity index (χ2n) is 13.3. The van der Waals surface area contributed by atoms with Gasteiger partial charge in [0.1, 0.15) is 6.79 Å². The normalized spacial score (nSPS) is 31.2. The van der Waals surface area contributed by atoms with Gasteiger partial charge in [-0.05, 0) is 57.4 Å². The molecule has 4 heterocycles. The lowest BCUT2D eigenvalue weighted by molar-refractivity contribution is -0.130. The highest BCUT2D eigenvalue weighted by atomic mass is 19.3. The van der Waals surface area contributed by atoms with Crippen LogP contribution in [0.5, 0.6) is 0 Å². The van der Waals surface area contributed by atoms with Gasteiger partial charge in [0.25, 0.3) is 0 Å². The lowest BCUT2D eigenvalue weighted by Gasteiger charge is -2.48. The fraction of sp³-hybridized carbons (Fsp3) is 0.750. The number of fused-ring (bicyclic) bond motifs is 2. The van der Waals surface area contributed by atoms with Gasteiger partial charge in [0.2, 0.25) is 11.8 Å². The van der Waals surface area contributed by atoms with Crippen molar-refractivity contribution in [1.82, 2.24) is 20.0 Å². The number of urea groups is 1. The molecular weight excluding hydrogens is 542 g/mol. The maximum absolute atomic E-state index is 13.7. The van der Waals surface area contributed by atoms with Crippen LogP contribution in [0.25, 0.3) is 0 Å². The molecule has 1 aromatic carbocycles. The Morgan fingerprint density at radius 1 is 1.05 bits per heavy atom. The van der Waals surface area contributed by atoms with Crippen LogP contribution in [0, 0.1) is 11.8 Å². The third-order valence-corrected chi connectivity index (χ3v) is 10.5. The molecule has 1 N–H and O–H groups in total. The summed E-state index contributed by atoms with van der Waals surface area (Å²) < 4.78 is 38.4. The van der Waals surface area contributed by atoms with Crippen LogP contribution in [0.2, 0.25) is 0 Å². The van der Waals surface area contributed by atoms with Crippen molar-refractivity contribution < 1.29 is 27.8 Å². The summed E-state index contributed by atoms with van der Waals surface area (Å²) in [6.07, 6.45) is 5.01. The molecule has 4 saturated heterocycles. The average Bonchev–Trinajstić information content (AvgIpc) is 3.38. The van der Waals surface area contributed by atoms with Gasteiger partial charge in [0.15, 0.2) is 0 Å². The first kappa shape index (κ1) is 29.8. The van der Waals surface area contributed by atoms with Crippen LogP contribution >= 0.6 is 0 Å². The van der Waals surface area contributed by atoms with Crippen LogP contribution in [-0.4, -0.2) is 96.4 Å². The Labute approximate surface area is 248 Å². The number of halogens is 2. The van der Waals surface area contributed by atoms with E-state index in [0.29, 0.717) is 45.2 Å². The first-order valence-corrected chi connectivity index (χ1v) is 16.0. The zero-order valence-corrected chi connectivity index (χ0v) is 24.8. The molecule has 2 unspecified atom stereocenters. The maximum Gasteiger partial charge on any atom is 0.320 e. The Balaban J connectivity index is 1.10. The summed E-state index contributed by atoms with van der Waals surface area (Å²) in [5.74, 6) is -2.88. The number of carbonyl (C=O) groups is 2. The van der Waals surface area contributed by atoms with E-state index in [2.05, 4.69) is 22.0 Å². The highest BCUT2D eigenvalue weighted by Crippen LogP contribution is 2.47. The fourth-order valence-electron chi connectivity index (χ4n) is 8.45. The molecule has 3 amide bonds. The Hall–Kier alpha value is -2.30. The van der Waals surface area contributed by atoms with Crippen LogP contribution in [0.15, 0.2) is 30.3 Å². The predicted octanol–water partition coefficient (Wildman–Crippen LogP) is 4.80. The predicted molar refractivity (Wildman–Crippen MR) is 154 cm³/mol. The number of hydrogen-bond donors (Lipinski definition) is 1. The minimum absolute atomic E-state index is 0.100. The van der Waals surface area contributed by atoms with E-state index in [0.717, 1.165) is 50.8 Å².